The summed E-state index contributed by atoms with van der Waals surface area (Å²) < 4.78 is 5.93. The van der Waals surface area contributed by atoms with Gasteiger partial charge in [0.05, 0.1) is 13.2 Å². The molecule has 3 aromatic rings. The largest absolute Gasteiger partial charge is 0.508 e. The fourth-order valence-corrected chi connectivity index (χ4v) is 3.09. The smallest absolute Gasteiger partial charge is 0.115 e. The van der Waals surface area contributed by atoms with E-state index in [2.05, 4.69) is 38.4 Å². The van der Waals surface area contributed by atoms with Crippen molar-refractivity contribution in [2.24, 2.45) is 0 Å². The van der Waals surface area contributed by atoms with E-state index in [1.54, 1.807) is 0 Å². The molecule has 0 aliphatic rings. The normalized spacial score (nSPS) is 9.81. The van der Waals surface area contributed by atoms with Crippen molar-refractivity contribution in [2.45, 2.75) is 13.2 Å². The third-order valence-corrected chi connectivity index (χ3v) is 4.67. The molecule has 3 nitrogen and oxygen atoms in total. The SMILES string of the molecule is C=Cc1cccc(COCc2cccc(C=C)c2C=C)c1C=C.Oc1ccc(O)cc1. The van der Waals surface area contributed by atoms with Crippen molar-refractivity contribution in [1.29, 1.82) is 0 Å². The molecule has 0 fully saturated rings. The van der Waals surface area contributed by atoms with Gasteiger partial charge in [-0.05, 0) is 57.6 Å². The maximum absolute atomic E-state index is 8.65. The van der Waals surface area contributed by atoms with Crippen molar-refractivity contribution in [3.8, 4) is 11.5 Å². The number of hydrogen-bond donors (Lipinski definition) is 2. The second-order valence-corrected chi connectivity index (χ2v) is 6.67. The highest BCUT2D eigenvalue weighted by atomic mass is 16.5. The van der Waals surface area contributed by atoms with E-state index < -0.39 is 0 Å². The van der Waals surface area contributed by atoms with Crippen molar-refractivity contribution in [3.63, 3.8) is 0 Å². The van der Waals surface area contributed by atoms with E-state index in [-0.39, 0.29) is 11.5 Å². The van der Waals surface area contributed by atoms with E-state index in [1.165, 1.54) is 24.3 Å². The van der Waals surface area contributed by atoms with Gasteiger partial charge in [-0.2, -0.15) is 0 Å². The van der Waals surface area contributed by atoms with Gasteiger partial charge in [0.15, 0.2) is 0 Å². The number of ether oxygens (including phenoxy) is 1. The molecule has 3 heteroatoms. The second-order valence-electron chi connectivity index (χ2n) is 6.67. The molecule has 2 N–H and O–H groups in total. The molecule has 3 rings (SSSR count). The summed E-state index contributed by atoms with van der Waals surface area (Å²) in [5.74, 6) is 0.339. The highest BCUT2D eigenvalue weighted by molar-refractivity contribution is 5.67. The predicted molar refractivity (Wildman–Crippen MR) is 132 cm³/mol. The Balaban J connectivity index is 0.000000357. The molecule has 0 bridgehead atoms. The molecule has 0 aliphatic carbocycles. The van der Waals surface area contributed by atoms with E-state index in [9.17, 15) is 0 Å². The van der Waals surface area contributed by atoms with Crippen LogP contribution in [0.15, 0.2) is 87.0 Å². The van der Waals surface area contributed by atoms with Gasteiger partial charge in [-0.15, -0.1) is 0 Å². The van der Waals surface area contributed by atoms with Crippen LogP contribution in [0.4, 0.5) is 0 Å². The van der Waals surface area contributed by atoms with Crippen LogP contribution < -0.4 is 0 Å². The summed E-state index contributed by atoms with van der Waals surface area (Å²) >= 11 is 0. The first kappa shape index (κ1) is 23.5. The first-order valence-corrected chi connectivity index (χ1v) is 9.83. The molecule has 0 saturated heterocycles. The average Bonchev–Trinajstić information content (AvgIpc) is 2.80. The number of hydrogen-bond acceptors (Lipinski definition) is 3. The summed E-state index contributed by atoms with van der Waals surface area (Å²) in [6.07, 6.45) is 7.38. The Hall–Kier alpha value is -3.82. The maximum Gasteiger partial charge on any atom is 0.115 e. The number of benzene rings is 3. The zero-order valence-electron chi connectivity index (χ0n) is 17.6. The minimum absolute atomic E-state index is 0.169. The second kappa shape index (κ2) is 12.0. The van der Waals surface area contributed by atoms with Crippen molar-refractivity contribution < 1.29 is 14.9 Å². The summed E-state index contributed by atoms with van der Waals surface area (Å²) in [4.78, 5) is 0. The molecule has 0 heterocycles. The molecular formula is C28H28O3. The molecule has 0 aliphatic heterocycles. The molecule has 0 saturated carbocycles. The Kier molecular flexibility index (Phi) is 9.09. The monoisotopic (exact) mass is 412 g/mol. The van der Waals surface area contributed by atoms with Crippen LogP contribution >= 0.6 is 0 Å². The fourth-order valence-electron chi connectivity index (χ4n) is 3.09. The van der Waals surface area contributed by atoms with Gasteiger partial charge in [-0.3, -0.25) is 0 Å². The molecule has 0 amide bonds. The van der Waals surface area contributed by atoms with Crippen molar-refractivity contribution in [1.82, 2.24) is 0 Å². The van der Waals surface area contributed by atoms with Crippen molar-refractivity contribution in [2.75, 3.05) is 0 Å². The molecule has 3 aromatic carbocycles. The highest BCUT2D eigenvalue weighted by Crippen LogP contribution is 2.21. The Morgan fingerprint density at radius 1 is 0.581 bits per heavy atom. The summed E-state index contributed by atoms with van der Waals surface area (Å²) in [5.41, 5.74) is 6.51. The molecule has 0 spiro atoms. The third-order valence-electron chi connectivity index (χ3n) is 4.67. The standard InChI is InChI=1S/C22H22O.C6H6O2/c1-5-17-11-9-13-19(21(17)7-3)15-23-16-20-14-10-12-18(6-2)22(20)8-4;7-5-1-2-6(8)4-3-5/h5-14H,1-4,15-16H2;1-4,7-8H. The quantitative estimate of drug-likeness (QED) is 0.389. The molecular weight excluding hydrogens is 384 g/mol. The Morgan fingerprint density at radius 3 is 1.29 bits per heavy atom. The van der Waals surface area contributed by atoms with Crippen LogP contribution in [0.2, 0.25) is 0 Å². The zero-order valence-corrected chi connectivity index (χ0v) is 17.6. The van der Waals surface area contributed by atoms with E-state index in [0.29, 0.717) is 13.2 Å². The lowest BCUT2D eigenvalue weighted by Gasteiger charge is -2.12. The summed E-state index contributed by atoms with van der Waals surface area (Å²) in [6, 6.07) is 17.9. The van der Waals surface area contributed by atoms with Crippen LogP contribution in [0, 0.1) is 0 Å². The first-order valence-electron chi connectivity index (χ1n) is 9.83. The number of phenols is 2. The molecule has 0 aromatic heterocycles. The maximum atomic E-state index is 8.65. The minimum Gasteiger partial charge on any atom is -0.508 e. The average molecular weight is 413 g/mol. The van der Waals surface area contributed by atoms with Crippen LogP contribution in [0.1, 0.15) is 33.4 Å². The Bertz CT molecular complexity index is 962. The lowest BCUT2D eigenvalue weighted by molar-refractivity contribution is 0.107. The molecule has 0 radical (unpaired) electrons. The Morgan fingerprint density at radius 2 is 0.968 bits per heavy atom. The number of phenolic OH excluding ortho intramolecular Hbond substituents is 2. The van der Waals surface area contributed by atoms with E-state index in [4.69, 9.17) is 14.9 Å². The van der Waals surface area contributed by atoms with Crippen molar-refractivity contribution in [3.05, 3.63) is 120 Å². The Labute approximate surface area is 184 Å². The van der Waals surface area contributed by atoms with E-state index >= 15 is 0 Å². The van der Waals surface area contributed by atoms with Gasteiger partial charge in [0, 0.05) is 0 Å². The van der Waals surface area contributed by atoms with Gasteiger partial charge in [0.25, 0.3) is 0 Å². The van der Waals surface area contributed by atoms with Crippen LogP contribution in [-0.4, -0.2) is 10.2 Å². The van der Waals surface area contributed by atoms with Gasteiger partial charge < -0.3 is 14.9 Å². The molecule has 0 unspecified atom stereocenters. The summed E-state index contributed by atoms with van der Waals surface area (Å²) in [7, 11) is 0. The van der Waals surface area contributed by atoms with Crippen molar-refractivity contribution >= 4 is 24.3 Å². The fraction of sp³-hybridized carbons (Fsp3) is 0.0714. The summed E-state index contributed by atoms with van der Waals surface area (Å²) in [6.45, 7) is 16.5. The topological polar surface area (TPSA) is 49.7 Å². The molecule has 0 atom stereocenters. The van der Waals surface area contributed by atoms with Gasteiger partial charge in [-0.1, -0.05) is 87.0 Å². The lowest BCUT2D eigenvalue weighted by atomic mass is 10.0. The van der Waals surface area contributed by atoms with Crippen LogP contribution in [-0.2, 0) is 18.0 Å². The van der Waals surface area contributed by atoms with E-state index in [1.807, 2.05) is 48.6 Å². The van der Waals surface area contributed by atoms with Gasteiger partial charge in [0.1, 0.15) is 11.5 Å². The number of rotatable bonds is 8. The molecule has 158 valence electrons. The summed E-state index contributed by atoms with van der Waals surface area (Å²) in [5, 5.41) is 17.3. The zero-order chi connectivity index (χ0) is 22.6. The van der Waals surface area contributed by atoms with Crippen LogP contribution in [0.3, 0.4) is 0 Å². The van der Waals surface area contributed by atoms with Gasteiger partial charge in [0.2, 0.25) is 0 Å². The van der Waals surface area contributed by atoms with E-state index in [0.717, 1.165) is 33.4 Å². The number of aromatic hydroxyl groups is 2. The minimum atomic E-state index is 0.169. The van der Waals surface area contributed by atoms with Crippen LogP contribution in [0.25, 0.3) is 24.3 Å². The third kappa shape index (κ3) is 6.59. The molecule has 31 heavy (non-hydrogen) atoms. The lowest BCUT2D eigenvalue weighted by Crippen LogP contribution is -2.00. The highest BCUT2D eigenvalue weighted by Gasteiger charge is 2.06. The predicted octanol–water partition coefficient (Wildman–Crippen LogP) is 7.07. The van der Waals surface area contributed by atoms with Gasteiger partial charge >= 0.3 is 0 Å². The first-order chi connectivity index (χ1) is 15.0. The van der Waals surface area contributed by atoms with Crippen LogP contribution in [0.5, 0.6) is 11.5 Å². The van der Waals surface area contributed by atoms with Gasteiger partial charge in [-0.25, -0.2) is 0 Å².